The lowest BCUT2D eigenvalue weighted by Gasteiger charge is -2.09. The molecule has 3 rings (SSSR count). The summed E-state index contributed by atoms with van der Waals surface area (Å²) in [5.41, 5.74) is 2.27. The minimum Gasteiger partial charge on any atom is -0.486 e. The molecule has 0 atom stereocenters. The van der Waals surface area contributed by atoms with Crippen LogP contribution in [-0.2, 0) is 24.5 Å². The zero-order valence-corrected chi connectivity index (χ0v) is 17.2. The summed E-state index contributed by atoms with van der Waals surface area (Å²) in [6.45, 7) is 7.19. The van der Waals surface area contributed by atoms with E-state index in [-0.39, 0.29) is 11.7 Å². The number of carbonyl (C=O) groups is 1. The molecule has 0 aliphatic heterocycles. The molecule has 3 aromatic rings. The SMILES string of the molecule is C=CCn1c(COc2ccccc2)nnc1SCC(=O)NCc1ccc(C)cc1. The summed E-state index contributed by atoms with van der Waals surface area (Å²) in [6.07, 6.45) is 1.77. The molecule has 1 heterocycles. The maximum absolute atomic E-state index is 12.2. The predicted molar refractivity (Wildman–Crippen MR) is 115 cm³/mol. The molecule has 1 amide bonds. The lowest BCUT2D eigenvalue weighted by molar-refractivity contribution is -0.118. The minimum absolute atomic E-state index is 0.0502. The number of para-hydroxylation sites is 1. The molecule has 6 nitrogen and oxygen atoms in total. The van der Waals surface area contributed by atoms with E-state index in [1.165, 1.54) is 17.3 Å². The molecule has 0 saturated heterocycles. The van der Waals surface area contributed by atoms with Crippen LogP contribution in [0.15, 0.2) is 72.4 Å². The number of allylic oxidation sites excluding steroid dienone is 1. The van der Waals surface area contributed by atoms with Gasteiger partial charge in [-0.15, -0.1) is 16.8 Å². The van der Waals surface area contributed by atoms with Gasteiger partial charge in [-0.2, -0.15) is 0 Å². The average molecular weight is 409 g/mol. The Bertz CT molecular complexity index is 939. The number of amides is 1. The highest BCUT2D eigenvalue weighted by Gasteiger charge is 2.14. The fraction of sp³-hybridized carbons (Fsp3) is 0.227. The standard InChI is InChI=1S/C22H24N4O2S/c1-3-13-26-20(15-28-19-7-5-4-6-8-19)24-25-22(26)29-16-21(27)23-14-18-11-9-17(2)10-12-18/h3-12H,1,13-16H2,2H3,(H,23,27). The summed E-state index contributed by atoms with van der Waals surface area (Å²) in [7, 11) is 0. The molecule has 0 fully saturated rings. The first-order valence-electron chi connectivity index (χ1n) is 9.31. The van der Waals surface area contributed by atoms with Gasteiger partial charge in [0, 0.05) is 13.1 Å². The molecule has 2 aromatic carbocycles. The fourth-order valence-electron chi connectivity index (χ4n) is 2.60. The van der Waals surface area contributed by atoms with Gasteiger partial charge in [-0.1, -0.05) is 65.9 Å². The maximum Gasteiger partial charge on any atom is 0.230 e. The van der Waals surface area contributed by atoms with Crippen LogP contribution < -0.4 is 10.1 Å². The Labute approximate surface area is 175 Å². The molecule has 0 saturated carbocycles. The van der Waals surface area contributed by atoms with Gasteiger partial charge in [-0.25, -0.2) is 0 Å². The maximum atomic E-state index is 12.2. The Morgan fingerprint density at radius 1 is 1.17 bits per heavy atom. The molecular formula is C22H24N4O2S. The highest BCUT2D eigenvalue weighted by molar-refractivity contribution is 7.99. The molecule has 150 valence electrons. The summed E-state index contributed by atoms with van der Waals surface area (Å²) in [4.78, 5) is 12.2. The van der Waals surface area contributed by atoms with Crippen molar-refractivity contribution < 1.29 is 9.53 Å². The summed E-state index contributed by atoms with van der Waals surface area (Å²) < 4.78 is 7.68. The molecule has 0 spiro atoms. The molecule has 0 aliphatic rings. The van der Waals surface area contributed by atoms with Crippen LogP contribution in [0.1, 0.15) is 17.0 Å². The number of thioether (sulfide) groups is 1. The van der Waals surface area contributed by atoms with Gasteiger partial charge >= 0.3 is 0 Å². The van der Waals surface area contributed by atoms with Crippen molar-refractivity contribution in [1.29, 1.82) is 0 Å². The zero-order chi connectivity index (χ0) is 20.5. The van der Waals surface area contributed by atoms with Crippen LogP contribution >= 0.6 is 11.8 Å². The number of nitrogens with one attached hydrogen (secondary N) is 1. The molecule has 7 heteroatoms. The third kappa shape index (κ3) is 6.22. The fourth-order valence-corrected chi connectivity index (χ4v) is 3.39. The van der Waals surface area contributed by atoms with E-state index in [2.05, 4.69) is 22.1 Å². The topological polar surface area (TPSA) is 69.0 Å². The quantitative estimate of drug-likeness (QED) is 0.409. The third-order valence-corrected chi connectivity index (χ3v) is 5.13. The number of carbonyl (C=O) groups excluding carboxylic acids is 1. The van der Waals surface area contributed by atoms with Gasteiger partial charge in [0.15, 0.2) is 11.0 Å². The highest BCUT2D eigenvalue weighted by Crippen LogP contribution is 2.18. The van der Waals surface area contributed by atoms with Crippen LogP contribution in [0.5, 0.6) is 5.75 Å². The van der Waals surface area contributed by atoms with Crippen LogP contribution in [0.2, 0.25) is 0 Å². The van der Waals surface area contributed by atoms with Crippen molar-refractivity contribution in [2.75, 3.05) is 5.75 Å². The molecular weight excluding hydrogens is 384 g/mol. The van der Waals surface area contributed by atoms with Gasteiger partial charge in [-0.05, 0) is 24.6 Å². The number of aryl methyl sites for hydroxylation is 1. The van der Waals surface area contributed by atoms with Gasteiger partial charge in [0.25, 0.3) is 0 Å². The molecule has 29 heavy (non-hydrogen) atoms. The van der Waals surface area contributed by atoms with Crippen molar-refractivity contribution in [3.05, 3.63) is 84.2 Å². The van der Waals surface area contributed by atoms with Crippen molar-refractivity contribution >= 4 is 17.7 Å². The third-order valence-electron chi connectivity index (χ3n) is 4.16. The normalized spacial score (nSPS) is 10.5. The van der Waals surface area contributed by atoms with Crippen molar-refractivity contribution in [2.45, 2.75) is 31.8 Å². The lowest BCUT2D eigenvalue weighted by Crippen LogP contribution is -2.24. The molecule has 1 N–H and O–H groups in total. The molecule has 1 aromatic heterocycles. The van der Waals surface area contributed by atoms with E-state index in [4.69, 9.17) is 4.74 Å². The van der Waals surface area contributed by atoms with Crippen LogP contribution in [0.25, 0.3) is 0 Å². The first kappa shape index (κ1) is 20.7. The van der Waals surface area contributed by atoms with Gasteiger partial charge in [0.05, 0.1) is 5.75 Å². The van der Waals surface area contributed by atoms with Crippen molar-refractivity contribution in [2.24, 2.45) is 0 Å². The Morgan fingerprint density at radius 3 is 2.66 bits per heavy atom. The number of hydrogen-bond donors (Lipinski definition) is 1. The van der Waals surface area contributed by atoms with E-state index >= 15 is 0 Å². The van der Waals surface area contributed by atoms with Crippen LogP contribution in [-0.4, -0.2) is 26.4 Å². The van der Waals surface area contributed by atoms with E-state index in [0.717, 1.165) is 11.3 Å². The van der Waals surface area contributed by atoms with E-state index in [1.54, 1.807) is 6.08 Å². The summed E-state index contributed by atoms with van der Waals surface area (Å²) in [6, 6.07) is 17.7. The second kappa shape index (κ2) is 10.5. The van der Waals surface area contributed by atoms with E-state index in [1.807, 2.05) is 66.1 Å². The number of ether oxygens (including phenoxy) is 1. The van der Waals surface area contributed by atoms with Crippen LogP contribution in [0.3, 0.4) is 0 Å². The zero-order valence-electron chi connectivity index (χ0n) is 16.4. The van der Waals surface area contributed by atoms with Crippen molar-refractivity contribution in [3.8, 4) is 5.75 Å². The Hall–Kier alpha value is -3.06. The first-order chi connectivity index (χ1) is 14.2. The van der Waals surface area contributed by atoms with Gasteiger partial charge < -0.3 is 10.1 Å². The number of rotatable bonds is 10. The second-order valence-electron chi connectivity index (χ2n) is 6.45. The molecule has 0 aliphatic carbocycles. The van der Waals surface area contributed by atoms with Gasteiger partial charge in [-0.3, -0.25) is 9.36 Å². The average Bonchev–Trinajstić information content (AvgIpc) is 3.13. The highest BCUT2D eigenvalue weighted by atomic mass is 32.2. The Kier molecular flexibility index (Phi) is 7.47. The van der Waals surface area contributed by atoms with E-state index < -0.39 is 0 Å². The summed E-state index contributed by atoms with van der Waals surface area (Å²) >= 11 is 1.35. The number of hydrogen-bond acceptors (Lipinski definition) is 5. The van der Waals surface area contributed by atoms with Crippen molar-refractivity contribution in [1.82, 2.24) is 20.1 Å². The van der Waals surface area contributed by atoms with Gasteiger partial charge in [0.2, 0.25) is 5.91 Å². The van der Waals surface area contributed by atoms with E-state index in [0.29, 0.717) is 30.7 Å². The van der Waals surface area contributed by atoms with Crippen LogP contribution in [0, 0.1) is 6.92 Å². The molecule has 0 unspecified atom stereocenters. The number of aromatic nitrogens is 3. The summed E-state index contributed by atoms with van der Waals surface area (Å²) in [5.74, 6) is 1.67. The van der Waals surface area contributed by atoms with E-state index in [9.17, 15) is 4.79 Å². The van der Waals surface area contributed by atoms with Crippen molar-refractivity contribution in [3.63, 3.8) is 0 Å². The Balaban J connectivity index is 1.54. The monoisotopic (exact) mass is 408 g/mol. The largest absolute Gasteiger partial charge is 0.486 e. The smallest absolute Gasteiger partial charge is 0.230 e. The predicted octanol–water partition coefficient (Wildman–Crippen LogP) is 3.76. The lowest BCUT2D eigenvalue weighted by atomic mass is 10.1. The number of benzene rings is 2. The second-order valence-corrected chi connectivity index (χ2v) is 7.39. The molecule has 0 bridgehead atoms. The summed E-state index contributed by atoms with van der Waals surface area (Å²) in [5, 5.41) is 12.0. The number of nitrogens with zero attached hydrogens (tertiary/aromatic N) is 3. The first-order valence-corrected chi connectivity index (χ1v) is 10.3. The van der Waals surface area contributed by atoms with Gasteiger partial charge in [0.1, 0.15) is 12.4 Å². The minimum atomic E-state index is -0.0502. The van der Waals surface area contributed by atoms with Crippen LogP contribution in [0.4, 0.5) is 0 Å². The molecule has 0 radical (unpaired) electrons. The Morgan fingerprint density at radius 2 is 1.93 bits per heavy atom.